The monoisotopic (exact) mass is 338 g/mol. The molecular weight excluding hydrogens is 312 g/mol. The van der Waals surface area contributed by atoms with E-state index in [4.69, 9.17) is 5.73 Å². The number of hydrogen-bond acceptors (Lipinski definition) is 2. The number of aryl methyl sites for hydroxylation is 1. The predicted octanol–water partition coefficient (Wildman–Crippen LogP) is 4.13. The zero-order valence-corrected chi connectivity index (χ0v) is 14.5. The normalized spacial score (nSPS) is 19.5. The highest BCUT2D eigenvalue weighted by Gasteiger charge is 2.26. The average molecular weight is 339 g/mol. The molecule has 2 N–H and O–H groups in total. The van der Waals surface area contributed by atoms with Gasteiger partial charge in [-0.3, -0.25) is 4.90 Å². The second-order valence-electron chi connectivity index (χ2n) is 6.38. The van der Waals surface area contributed by atoms with E-state index < -0.39 is 0 Å². The quantitative estimate of drug-likeness (QED) is 0.894. The largest absolute Gasteiger partial charge is 0.329 e. The Morgan fingerprint density at radius 2 is 1.95 bits per heavy atom. The Balaban J connectivity index is 2.07. The summed E-state index contributed by atoms with van der Waals surface area (Å²) in [6.07, 6.45) is 2.62. The van der Waals surface area contributed by atoms with Crippen LogP contribution in [0.5, 0.6) is 0 Å². The topological polar surface area (TPSA) is 29.3 Å². The number of rotatable bonds is 4. The molecule has 1 fully saturated rings. The minimum absolute atomic E-state index is 0.370. The molecule has 0 aliphatic carbocycles. The first kappa shape index (κ1) is 16.0. The lowest BCUT2D eigenvalue weighted by Crippen LogP contribution is -2.40. The molecule has 1 heterocycles. The molecule has 0 saturated carbocycles. The van der Waals surface area contributed by atoms with E-state index in [1.54, 1.807) is 0 Å². The molecule has 0 aromatic heterocycles. The Morgan fingerprint density at radius 1 is 1.30 bits per heavy atom. The Bertz CT molecular complexity index is 437. The van der Waals surface area contributed by atoms with E-state index in [2.05, 4.69) is 59.8 Å². The van der Waals surface area contributed by atoms with Crippen LogP contribution in [0.4, 0.5) is 0 Å². The van der Waals surface area contributed by atoms with Crippen molar-refractivity contribution in [2.24, 2.45) is 17.6 Å². The van der Waals surface area contributed by atoms with Crippen molar-refractivity contribution in [2.45, 2.75) is 39.7 Å². The first-order valence-electron chi connectivity index (χ1n) is 7.73. The summed E-state index contributed by atoms with van der Waals surface area (Å²) in [6, 6.07) is 7.00. The van der Waals surface area contributed by atoms with E-state index in [0.717, 1.165) is 11.8 Å². The lowest BCUT2D eigenvalue weighted by Gasteiger charge is -2.38. The number of nitrogens with two attached hydrogens (primary N) is 1. The van der Waals surface area contributed by atoms with Gasteiger partial charge in [0.05, 0.1) is 0 Å². The predicted molar refractivity (Wildman–Crippen MR) is 89.8 cm³/mol. The maximum absolute atomic E-state index is 6.06. The SMILES string of the molecule is Cc1cc(C(CN)N2CCC(C(C)C)CC2)ccc1Br. The molecule has 1 aliphatic heterocycles. The van der Waals surface area contributed by atoms with Gasteiger partial charge in [0.25, 0.3) is 0 Å². The Hall–Kier alpha value is -0.380. The minimum Gasteiger partial charge on any atom is -0.329 e. The van der Waals surface area contributed by atoms with Gasteiger partial charge in [-0.25, -0.2) is 0 Å². The van der Waals surface area contributed by atoms with E-state index in [0.29, 0.717) is 12.6 Å². The maximum atomic E-state index is 6.06. The van der Waals surface area contributed by atoms with E-state index in [1.165, 1.54) is 41.5 Å². The second kappa shape index (κ2) is 7.06. The fourth-order valence-electron chi connectivity index (χ4n) is 3.27. The van der Waals surface area contributed by atoms with Gasteiger partial charge in [-0.1, -0.05) is 41.9 Å². The van der Waals surface area contributed by atoms with Gasteiger partial charge in [0.1, 0.15) is 0 Å². The van der Waals surface area contributed by atoms with E-state index in [-0.39, 0.29) is 0 Å². The average Bonchev–Trinajstić information content (AvgIpc) is 2.44. The summed E-state index contributed by atoms with van der Waals surface area (Å²) in [7, 11) is 0. The first-order valence-corrected chi connectivity index (χ1v) is 8.52. The Morgan fingerprint density at radius 3 is 2.45 bits per heavy atom. The van der Waals surface area contributed by atoms with Crippen molar-refractivity contribution < 1.29 is 0 Å². The third-order valence-corrected chi connectivity index (χ3v) is 5.64. The number of likely N-dealkylation sites (tertiary alicyclic amines) is 1. The fraction of sp³-hybridized carbons (Fsp3) is 0.647. The lowest BCUT2D eigenvalue weighted by atomic mass is 9.86. The van der Waals surface area contributed by atoms with Crippen molar-refractivity contribution in [1.82, 2.24) is 4.90 Å². The Labute approximate surface area is 131 Å². The molecule has 1 aromatic carbocycles. The van der Waals surface area contributed by atoms with Crippen molar-refractivity contribution in [3.8, 4) is 0 Å². The zero-order chi connectivity index (χ0) is 14.7. The molecular formula is C17H27BrN2. The lowest BCUT2D eigenvalue weighted by molar-refractivity contribution is 0.117. The summed E-state index contributed by atoms with van der Waals surface area (Å²) in [5.41, 5.74) is 8.71. The molecule has 2 rings (SSSR count). The molecule has 0 radical (unpaired) electrons. The second-order valence-corrected chi connectivity index (χ2v) is 7.23. The highest BCUT2D eigenvalue weighted by Crippen LogP contribution is 2.31. The molecule has 1 aliphatic rings. The van der Waals surface area contributed by atoms with Crippen LogP contribution in [-0.2, 0) is 0 Å². The summed E-state index contributed by atoms with van der Waals surface area (Å²) < 4.78 is 1.18. The smallest absolute Gasteiger partial charge is 0.0470 e. The molecule has 3 heteroatoms. The summed E-state index contributed by atoms with van der Waals surface area (Å²) in [4.78, 5) is 2.57. The molecule has 20 heavy (non-hydrogen) atoms. The molecule has 112 valence electrons. The molecule has 0 amide bonds. The van der Waals surface area contributed by atoms with Crippen LogP contribution in [0.2, 0.25) is 0 Å². The van der Waals surface area contributed by atoms with Crippen LogP contribution in [0, 0.1) is 18.8 Å². The molecule has 1 unspecified atom stereocenters. The standard InChI is InChI=1S/C17H27BrN2/c1-12(2)14-6-8-20(9-7-14)17(11-19)15-4-5-16(18)13(3)10-15/h4-5,10,12,14,17H,6-9,11,19H2,1-3H3. The summed E-state index contributed by atoms with van der Waals surface area (Å²) in [5, 5.41) is 0. The number of piperidine rings is 1. The van der Waals surface area contributed by atoms with Gasteiger partial charge in [0.2, 0.25) is 0 Å². The molecule has 0 spiro atoms. The van der Waals surface area contributed by atoms with Crippen LogP contribution in [0.3, 0.4) is 0 Å². The van der Waals surface area contributed by atoms with Gasteiger partial charge in [0, 0.05) is 17.1 Å². The number of hydrogen-bond donors (Lipinski definition) is 1. The van der Waals surface area contributed by atoms with Gasteiger partial charge < -0.3 is 5.73 Å². The van der Waals surface area contributed by atoms with Gasteiger partial charge in [-0.05, 0) is 61.9 Å². The van der Waals surface area contributed by atoms with Gasteiger partial charge in [-0.2, -0.15) is 0 Å². The van der Waals surface area contributed by atoms with Crippen LogP contribution in [0.1, 0.15) is 43.9 Å². The molecule has 1 atom stereocenters. The third-order valence-electron chi connectivity index (χ3n) is 4.75. The van der Waals surface area contributed by atoms with Crippen LogP contribution in [-0.4, -0.2) is 24.5 Å². The highest BCUT2D eigenvalue weighted by molar-refractivity contribution is 9.10. The van der Waals surface area contributed by atoms with E-state index in [1.807, 2.05) is 0 Å². The van der Waals surface area contributed by atoms with Crippen LogP contribution in [0.25, 0.3) is 0 Å². The first-order chi connectivity index (χ1) is 9.52. The highest BCUT2D eigenvalue weighted by atomic mass is 79.9. The van der Waals surface area contributed by atoms with Crippen molar-refractivity contribution >= 4 is 15.9 Å². The van der Waals surface area contributed by atoms with Crippen LogP contribution < -0.4 is 5.73 Å². The minimum atomic E-state index is 0.370. The van der Waals surface area contributed by atoms with Crippen molar-refractivity contribution in [1.29, 1.82) is 0 Å². The van der Waals surface area contributed by atoms with Gasteiger partial charge in [-0.15, -0.1) is 0 Å². The Kier molecular flexibility index (Phi) is 5.65. The van der Waals surface area contributed by atoms with Crippen molar-refractivity contribution in [3.05, 3.63) is 33.8 Å². The zero-order valence-electron chi connectivity index (χ0n) is 12.9. The number of benzene rings is 1. The van der Waals surface area contributed by atoms with E-state index >= 15 is 0 Å². The molecule has 1 saturated heterocycles. The van der Waals surface area contributed by atoms with Gasteiger partial charge >= 0.3 is 0 Å². The van der Waals surface area contributed by atoms with Crippen LogP contribution in [0.15, 0.2) is 22.7 Å². The van der Waals surface area contributed by atoms with Crippen molar-refractivity contribution in [2.75, 3.05) is 19.6 Å². The molecule has 1 aromatic rings. The molecule has 2 nitrogen and oxygen atoms in total. The summed E-state index contributed by atoms with van der Waals surface area (Å²) in [6.45, 7) is 9.90. The summed E-state index contributed by atoms with van der Waals surface area (Å²) in [5.74, 6) is 1.69. The van der Waals surface area contributed by atoms with E-state index in [9.17, 15) is 0 Å². The summed E-state index contributed by atoms with van der Waals surface area (Å²) >= 11 is 3.58. The number of halogens is 1. The number of nitrogens with zero attached hydrogens (tertiary/aromatic N) is 1. The van der Waals surface area contributed by atoms with Crippen LogP contribution >= 0.6 is 15.9 Å². The maximum Gasteiger partial charge on any atom is 0.0470 e. The third kappa shape index (κ3) is 3.63. The molecule has 0 bridgehead atoms. The van der Waals surface area contributed by atoms with Gasteiger partial charge in [0.15, 0.2) is 0 Å². The fourth-order valence-corrected chi connectivity index (χ4v) is 3.52. The van der Waals surface area contributed by atoms with Crippen molar-refractivity contribution in [3.63, 3.8) is 0 Å².